The fourth-order valence-electron chi connectivity index (χ4n) is 1.16. The van der Waals surface area contributed by atoms with E-state index in [9.17, 15) is 0 Å². The number of halogens is 1. The van der Waals surface area contributed by atoms with Crippen molar-refractivity contribution in [1.82, 2.24) is 0 Å². The van der Waals surface area contributed by atoms with E-state index in [4.69, 9.17) is 9.47 Å². The average molecular weight is 259 g/mol. The van der Waals surface area contributed by atoms with E-state index in [1.807, 2.05) is 45.0 Å². The van der Waals surface area contributed by atoms with Crippen molar-refractivity contribution < 1.29 is 9.47 Å². The first-order chi connectivity index (χ1) is 6.53. The summed E-state index contributed by atoms with van der Waals surface area (Å²) in [4.78, 5) is 0. The van der Waals surface area contributed by atoms with Gasteiger partial charge in [-0.2, -0.15) is 0 Å². The van der Waals surface area contributed by atoms with Gasteiger partial charge in [0.2, 0.25) is 5.79 Å². The third-order valence-corrected chi connectivity index (χ3v) is 2.20. The SMILES string of the molecule is CCOC(C)(C)Oc1ccc(Br)cc1. The highest BCUT2D eigenvalue weighted by Crippen LogP contribution is 2.21. The molecule has 0 N–H and O–H groups in total. The minimum absolute atomic E-state index is 0.567. The molecule has 0 unspecified atom stereocenters. The molecule has 0 spiro atoms. The third-order valence-electron chi connectivity index (χ3n) is 1.67. The summed E-state index contributed by atoms with van der Waals surface area (Å²) < 4.78 is 12.1. The van der Waals surface area contributed by atoms with Gasteiger partial charge in [-0.1, -0.05) is 15.9 Å². The molecule has 78 valence electrons. The predicted octanol–water partition coefficient (Wildman–Crippen LogP) is 3.60. The normalized spacial score (nSPS) is 11.4. The predicted molar refractivity (Wildman–Crippen MR) is 60.5 cm³/mol. The van der Waals surface area contributed by atoms with E-state index < -0.39 is 5.79 Å². The molecule has 0 aliphatic heterocycles. The van der Waals surface area contributed by atoms with Crippen molar-refractivity contribution in [2.75, 3.05) is 6.61 Å². The first-order valence-electron chi connectivity index (χ1n) is 4.62. The van der Waals surface area contributed by atoms with Crippen LogP contribution >= 0.6 is 15.9 Å². The van der Waals surface area contributed by atoms with Crippen molar-refractivity contribution in [3.8, 4) is 5.75 Å². The Hall–Kier alpha value is -0.540. The number of hydrogen-bond donors (Lipinski definition) is 0. The minimum atomic E-state index is -0.567. The Bertz CT molecular complexity index is 280. The standard InChI is InChI=1S/C11H15BrO2/c1-4-13-11(2,3)14-10-7-5-9(12)6-8-10/h5-8H,4H2,1-3H3. The van der Waals surface area contributed by atoms with Crippen LogP contribution in [0.2, 0.25) is 0 Å². The molecule has 1 aromatic carbocycles. The summed E-state index contributed by atoms with van der Waals surface area (Å²) in [7, 11) is 0. The van der Waals surface area contributed by atoms with Crippen LogP contribution < -0.4 is 4.74 Å². The number of ether oxygens (including phenoxy) is 2. The summed E-state index contributed by atoms with van der Waals surface area (Å²) in [5, 5.41) is 0. The average Bonchev–Trinajstić information content (AvgIpc) is 2.08. The summed E-state index contributed by atoms with van der Waals surface area (Å²) in [6, 6.07) is 7.70. The Kier molecular flexibility index (Phi) is 3.96. The Morgan fingerprint density at radius 3 is 2.29 bits per heavy atom. The molecule has 0 aliphatic rings. The van der Waals surface area contributed by atoms with E-state index in [0.29, 0.717) is 6.61 Å². The van der Waals surface area contributed by atoms with Crippen molar-refractivity contribution in [2.45, 2.75) is 26.6 Å². The molecule has 2 nitrogen and oxygen atoms in total. The first kappa shape index (κ1) is 11.5. The van der Waals surface area contributed by atoms with Gasteiger partial charge in [0.1, 0.15) is 5.75 Å². The molecular weight excluding hydrogens is 244 g/mol. The van der Waals surface area contributed by atoms with Crippen molar-refractivity contribution in [3.05, 3.63) is 28.7 Å². The monoisotopic (exact) mass is 258 g/mol. The zero-order valence-electron chi connectivity index (χ0n) is 8.71. The molecule has 1 aromatic rings. The smallest absolute Gasteiger partial charge is 0.204 e. The van der Waals surface area contributed by atoms with Crippen LogP contribution in [-0.4, -0.2) is 12.4 Å². The highest BCUT2D eigenvalue weighted by Gasteiger charge is 2.18. The highest BCUT2D eigenvalue weighted by molar-refractivity contribution is 9.10. The lowest BCUT2D eigenvalue weighted by molar-refractivity contribution is -0.152. The summed E-state index contributed by atoms with van der Waals surface area (Å²) in [6.45, 7) is 6.40. The van der Waals surface area contributed by atoms with Crippen molar-refractivity contribution in [3.63, 3.8) is 0 Å². The van der Waals surface area contributed by atoms with Crippen LogP contribution in [-0.2, 0) is 4.74 Å². The van der Waals surface area contributed by atoms with Gasteiger partial charge >= 0.3 is 0 Å². The van der Waals surface area contributed by atoms with Crippen molar-refractivity contribution in [1.29, 1.82) is 0 Å². The largest absolute Gasteiger partial charge is 0.463 e. The van der Waals surface area contributed by atoms with E-state index in [-0.39, 0.29) is 0 Å². The maximum Gasteiger partial charge on any atom is 0.204 e. The van der Waals surface area contributed by atoms with Crippen LogP contribution in [0.4, 0.5) is 0 Å². The number of hydrogen-bond acceptors (Lipinski definition) is 2. The van der Waals surface area contributed by atoms with Crippen LogP contribution in [0.1, 0.15) is 20.8 Å². The van der Waals surface area contributed by atoms with Crippen LogP contribution in [0.25, 0.3) is 0 Å². The van der Waals surface area contributed by atoms with Gasteiger partial charge < -0.3 is 9.47 Å². The lowest BCUT2D eigenvalue weighted by Crippen LogP contribution is -2.31. The highest BCUT2D eigenvalue weighted by atomic mass is 79.9. The second kappa shape index (κ2) is 4.80. The zero-order chi connectivity index (χ0) is 10.6. The molecule has 0 bridgehead atoms. The molecule has 0 aliphatic carbocycles. The van der Waals surface area contributed by atoms with Gasteiger partial charge in [0.25, 0.3) is 0 Å². The first-order valence-corrected chi connectivity index (χ1v) is 5.41. The number of rotatable bonds is 4. The molecule has 0 saturated carbocycles. The van der Waals surface area contributed by atoms with Crippen LogP contribution in [0, 0.1) is 0 Å². The van der Waals surface area contributed by atoms with Crippen molar-refractivity contribution >= 4 is 15.9 Å². The van der Waals surface area contributed by atoms with E-state index in [1.54, 1.807) is 0 Å². The molecule has 1 rings (SSSR count). The molecule has 0 aromatic heterocycles. The topological polar surface area (TPSA) is 18.5 Å². The van der Waals surface area contributed by atoms with E-state index in [0.717, 1.165) is 10.2 Å². The molecule has 0 saturated heterocycles. The van der Waals surface area contributed by atoms with Crippen molar-refractivity contribution in [2.24, 2.45) is 0 Å². The van der Waals surface area contributed by atoms with E-state index in [1.165, 1.54) is 0 Å². The fourth-order valence-corrected chi connectivity index (χ4v) is 1.43. The van der Waals surface area contributed by atoms with Crippen LogP contribution in [0.3, 0.4) is 0 Å². The van der Waals surface area contributed by atoms with Crippen LogP contribution in [0.15, 0.2) is 28.7 Å². The minimum Gasteiger partial charge on any atom is -0.463 e. The van der Waals surface area contributed by atoms with E-state index >= 15 is 0 Å². The fraction of sp³-hybridized carbons (Fsp3) is 0.455. The van der Waals surface area contributed by atoms with Gasteiger partial charge in [-0.05, 0) is 31.2 Å². The van der Waals surface area contributed by atoms with Gasteiger partial charge in [-0.15, -0.1) is 0 Å². The van der Waals surface area contributed by atoms with Gasteiger partial charge in [-0.25, -0.2) is 0 Å². The van der Waals surface area contributed by atoms with Gasteiger partial charge in [0, 0.05) is 24.9 Å². The molecule has 3 heteroatoms. The van der Waals surface area contributed by atoms with Gasteiger partial charge in [0.05, 0.1) is 0 Å². The van der Waals surface area contributed by atoms with E-state index in [2.05, 4.69) is 15.9 Å². The molecule has 14 heavy (non-hydrogen) atoms. The Balaban J connectivity index is 2.64. The Labute approximate surface area is 93.4 Å². The summed E-state index contributed by atoms with van der Waals surface area (Å²) in [6.07, 6.45) is 0. The molecule has 0 radical (unpaired) electrons. The summed E-state index contributed by atoms with van der Waals surface area (Å²) >= 11 is 3.37. The Morgan fingerprint density at radius 1 is 1.21 bits per heavy atom. The third kappa shape index (κ3) is 3.68. The lowest BCUT2D eigenvalue weighted by Gasteiger charge is -2.25. The maximum absolute atomic E-state index is 5.65. The van der Waals surface area contributed by atoms with Gasteiger partial charge in [0.15, 0.2) is 0 Å². The lowest BCUT2D eigenvalue weighted by atomic mass is 10.3. The molecule has 0 amide bonds. The Morgan fingerprint density at radius 2 is 1.79 bits per heavy atom. The zero-order valence-corrected chi connectivity index (χ0v) is 10.3. The molecular formula is C11H15BrO2. The van der Waals surface area contributed by atoms with Gasteiger partial charge in [-0.3, -0.25) is 0 Å². The quantitative estimate of drug-likeness (QED) is 0.769. The van der Waals surface area contributed by atoms with Crippen LogP contribution in [0.5, 0.6) is 5.75 Å². The summed E-state index contributed by atoms with van der Waals surface area (Å²) in [5.74, 6) is 0.245. The maximum atomic E-state index is 5.65. The number of benzene rings is 1. The second-order valence-electron chi connectivity index (χ2n) is 3.39. The molecule has 0 atom stereocenters. The summed E-state index contributed by atoms with van der Waals surface area (Å²) in [5.41, 5.74) is 0. The molecule has 0 heterocycles. The molecule has 0 fully saturated rings. The second-order valence-corrected chi connectivity index (χ2v) is 4.30.